The van der Waals surface area contributed by atoms with Crippen molar-refractivity contribution in [3.8, 4) is 11.3 Å². The molecule has 0 saturated heterocycles. The molecule has 0 bridgehead atoms. The molecule has 0 aliphatic heterocycles. The van der Waals surface area contributed by atoms with E-state index in [2.05, 4.69) is 5.32 Å². The average molecular weight is 369 g/mol. The Bertz CT molecular complexity index is 980. The van der Waals surface area contributed by atoms with Crippen molar-refractivity contribution in [2.24, 2.45) is 0 Å². The lowest BCUT2D eigenvalue weighted by atomic mass is 10.2. The second kappa shape index (κ2) is 7.67. The minimum absolute atomic E-state index is 0.0883. The number of amides is 1. The molecule has 6 nitrogen and oxygen atoms in total. The van der Waals surface area contributed by atoms with Crippen LogP contribution in [0.3, 0.4) is 0 Å². The van der Waals surface area contributed by atoms with E-state index in [0.29, 0.717) is 11.5 Å². The van der Waals surface area contributed by atoms with Crippen LogP contribution >= 0.6 is 11.6 Å². The fourth-order valence-electron chi connectivity index (χ4n) is 2.25. The number of carbonyl (C=O) groups is 1. The van der Waals surface area contributed by atoms with Gasteiger partial charge >= 0.3 is 0 Å². The zero-order valence-electron chi connectivity index (χ0n) is 13.4. The van der Waals surface area contributed by atoms with Crippen LogP contribution in [0, 0.1) is 10.1 Å². The Balaban J connectivity index is 1.67. The van der Waals surface area contributed by atoms with E-state index in [4.69, 9.17) is 16.0 Å². The highest BCUT2D eigenvalue weighted by Gasteiger charge is 2.10. The fraction of sp³-hybridized carbons (Fsp3) is 0. The lowest BCUT2D eigenvalue weighted by Crippen LogP contribution is -2.08. The molecule has 3 rings (SSSR count). The molecule has 1 heterocycles. The topological polar surface area (TPSA) is 85.4 Å². The first kappa shape index (κ1) is 17.4. The monoisotopic (exact) mass is 368 g/mol. The molecule has 1 N–H and O–H groups in total. The highest BCUT2D eigenvalue weighted by molar-refractivity contribution is 6.34. The van der Waals surface area contributed by atoms with E-state index in [1.165, 1.54) is 30.4 Å². The van der Waals surface area contributed by atoms with Crippen molar-refractivity contribution in [2.75, 3.05) is 5.32 Å². The number of rotatable bonds is 5. The van der Waals surface area contributed by atoms with E-state index in [-0.39, 0.29) is 16.4 Å². The molecule has 0 radical (unpaired) electrons. The number of nitrogens with one attached hydrogen (secondary N) is 1. The first-order chi connectivity index (χ1) is 12.5. The molecule has 3 aromatic rings. The number of nitro groups is 1. The van der Waals surface area contributed by atoms with Gasteiger partial charge in [0, 0.05) is 23.8 Å². The van der Waals surface area contributed by atoms with Gasteiger partial charge in [0.25, 0.3) is 5.69 Å². The molecular weight excluding hydrogens is 356 g/mol. The van der Waals surface area contributed by atoms with Crippen molar-refractivity contribution in [2.45, 2.75) is 0 Å². The van der Waals surface area contributed by atoms with Gasteiger partial charge in [0.1, 0.15) is 11.5 Å². The van der Waals surface area contributed by atoms with Gasteiger partial charge < -0.3 is 9.73 Å². The summed E-state index contributed by atoms with van der Waals surface area (Å²) in [6.07, 6.45) is 2.83. The Hall–Kier alpha value is -3.38. The van der Waals surface area contributed by atoms with Crippen molar-refractivity contribution >= 4 is 35.0 Å². The summed E-state index contributed by atoms with van der Waals surface area (Å²) in [6.45, 7) is 0. The summed E-state index contributed by atoms with van der Waals surface area (Å²) in [7, 11) is 0. The number of nitro benzene ring substituents is 1. The van der Waals surface area contributed by atoms with Gasteiger partial charge in [0.05, 0.1) is 15.6 Å². The Kier molecular flexibility index (Phi) is 5.15. The Morgan fingerprint density at radius 3 is 2.58 bits per heavy atom. The smallest absolute Gasteiger partial charge is 0.271 e. The number of halogens is 1. The lowest BCUT2D eigenvalue weighted by molar-refractivity contribution is -0.384. The third-order valence-electron chi connectivity index (χ3n) is 3.51. The predicted octanol–water partition coefficient (Wildman–Crippen LogP) is 5.16. The quantitative estimate of drug-likeness (QED) is 0.383. The summed E-state index contributed by atoms with van der Waals surface area (Å²) in [5.74, 6) is 0.788. The fourth-order valence-corrected chi connectivity index (χ4v) is 2.47. The largest absolute Gasteiger partial charge is 0.457 e. The molecule has 0 unspecified atom stereocenters. The van der Waals surface area contributed by atoms with Gasteiger partial charge in [-0.2, -0.15) is 0 Å². The van der Waals surface area contributed by atoms with Crippen molar-refractivity contribution < 1.29 is 14.1 Å². The summed E-state index contributed by atoms with van der Waals surface area (Å²) in [4.78, 5) is 22.1. The minimum Gasteiger partial charge on any atom is -0.457 e. The second-order valence-electron chi connectivity index (χ2n) is 5.31. The number of anilines is 1. The summed E-state index contributed by atoms with van der Waals surface area (Å²) >= 11 is 5.94. The molecule has 0 fully saturated rings. The Morgan fingerprint density at radius 1 is 1.12 bits per heavy atom. The number of non-ortho nitro benzene ring substituents is 1. The normalized spacial score (nSPS) is 10.8. The summed E-state index contributed by atoms with van der Waals surface area (Å²) < 4.78 is 5.67. The van der Waals surface area contributed by atoms with Crippen LogP contribution in [0.15, 0.2) is 71.2 Å². The molecule has 26 heavy (non-hydrogen) atoms. The molecule has 1 aromatic heterocycles. The minimum atomic E-state index is -0.557. The maximum atomic E-state index is 12.0. The van der Waals surface area contributed by atoms with E-state index < -0.39 is 10.8 Å². The van der Waals surface area contributed by atoms with Crippen LogP contribution < -0.4 is 5.32 Å². The van der Waals surface area contributed by atoms with Crippen molar-refractivity contribution in [3.05, 3.63) is 87.6 Å². The molecule has 1 amide bonds. The van der Waals surface area contributed by atoms with Crippen molar-refractivity contribution in [1.29, 1.82) is 0 Å². The third kappa shape index (κ3) is 4.17. The number of benzene rings is 2. The molecule has 0 spiro atoms. The van der Waals surface area contributed by atoms with Gasteiger partial charge in [0.2, 0.25) is 5.91 Å². The first-order valence-electron chi connectivity index (χ1n) is 7.61. The molecule has 7 heteroatoms. The molecular formula is C19H13ClN2O4. The van der Waals surface area contributed by atoms with Crippen LogP contribution in [0.25, 0.3) is 17.4 Å². The average Bonchev–Trinajstić information content (AvgIpc) is 3.11. The van der Waals surface area contributed by atoms with E-state index in [0.717, 1.165) is 5.56 Å². The van der Waals surface area contributed by atoms with Crippen molar-refractivity contribution in [3.63, 3.8) is 0 Å². The van der Waals surface area contributed by atoms with Crippen LogP contribution in [-0.4, -0.2) is 10.8 Å². The van der Waals surface area contributed by atoms with Gasteiger partial charge in [-0.1, -0.05) is 41.9 Å². The van der Waals surface area contributed by atoms with Gasteiger partial charge in [-0.3, -0.25) is 14.9 Å². The standard InChI is InChI=1S/C19H13ClN2O4/c20-16-12-14(22(24)25)6-9-17(16)21-19(23)11-8-15-7-10-18(26-15)13-4-2-1-3-5-13/h1-12H,(H,21,23)/b11-8+. The molecule has 0 aliphatic carbocycles. The van der Waals surface area contributed by atoms with Gasteiger partial charge in [-0.05, 0) is 24.3 Å². The summed E-state index contributed by atoms with van der Waals surface area (Å²) in [6, 6.07) is 17.0. The summed E-state index contributed by atoms with van der Waals surface area (Å²) in [5.41, 5.74) is 1.08. The van der Waals surface area contributed by atoms with Gasteiger partial charge in [-0.15, -0.1) is 0 Å². The van der Waals surface area contributed by atoms with Crippen LogP contribution in [-0.2, 0) is 4.79 Å². The van der Waals surface area contributed by atoms with Crippen LogP contribution in [0.2, 0.25) is 5.02 Å². The molecule has 2 aromatic carbocycles. The number of nitrogens with zero attached hydrogens (tertiary/aromatic N) is 1. The SMILES string of the molecule is O=C(/C=C/c1ccc(-c2ccccc2)o1)Nc1ccc([N+](=O)[O-])cc1Cl. The van der Waals surface area contributed by atoms with Crippen molar-refractivity contribution in [1.82, 2.24) is 0 Å². The third-order valence-corrected chi connectivity index (χ3v) is 3.82. The Morgan fingerprint density at radius 2 is 1.88 bits per heavy atom. The maximum absolute atomic E-state index is 12.0. The first-order valence-corrected chi connectivity index (χ1v) is 7.99. The van der Waals surface area contributed by atoms with E-state index in [1.54, 1.807) is 6.07 Å². The number of hydrogen-bond acceptors (Lipinski definition) is 4. The predicted molar refractivity (Wildman–Crippen MR) is 99.9 cm³/mol. The van der Waals surface area contributed by atoms with Crippen LogP contribution in [0.4, 0.5) is 11.4 Å². The highest BCUT2D eigenvalue weighted by atomic mass is 35.5. The zero-order chi connectivity index (χ0) is 18.5. The zero-order valence-corrected chi connectivity index (χ0v) is 14.1. The number of hydrogen-bond donors (Lipinski definition) is 1. The highest BCUT2D eigenvalue weighted by Crippen LogP contribution is 2.27. The number of carbonyl (C=O) groups excluding carboxylic acids is 1. The molecule has 0 aliphatic rings. The van der Waals surface area contributed by atoms with E-state index in [1.807, 2.05) is 36.4 Å². The van der Waals surface area contributed by atoms with Crippen LogP contribution in [0.1, 0.15) is 5.76 Å². The van der Waals surface area contributed by atoms with Gasteiger partial charge in [0.15, 0.2) is 0 Å². The van der Waals surface area contributed by atoms with Crippen LogP contribution in [0.5, 0.6) is 0 Å². The Labute approximate surface area is 153 Å². The van der Waals surface area contributed by atoms with Gasteiger partial charge in [-0.25, -0.2) is 0 Å². The summed E-state index contributed by atoms with van der Waals surface area (Å²) in [5, 5.41) is 13.3. The van der Waals surface area contributed by atoms with E-state index >= 15 is 0 Å². The van der Waals surface area contributed by atoms with E-state index in [9.17, 15) is 14.9 Å². The maximum Gasteiger partial charge on any atom is 0.271 e. The molecule has 0 saturated carbocycles. The second-order valence-corrected chi connectivity index (χ2v) is 5.72. The molecule has 0 atom stereocenters. The number of furan rings is 1. The molecule has 130 valence electrons. The lowest BCUT2D eigenvalue weighted by Gasteiger charge is -2.04.